The zero-order valence-electron chi connectivity index (χ0n) is 11.9. The van der Waals surface area contributed by atoms with Crippen molar-refractivity contribution >= 4 is 5.69 Å². The van der Waals surface area contributed by atoms with Crippen molar-refractivity contribution in [3.63, 3.8) is 0 Å². The summed E-state index contributed by atoms with van der Waals surface area (Å²) in [6.07, 6.45) is 0. The molecule has 1 heterocycles. The molecule has 0 spiro atoms. The third kappa shape index (κ3) is 3.86. The van der Waals surface area contributed by atoms with Crippen LogP contribution in [0.5, 0.6) is 0 Å². The molecule has 0 aliphatic carbocycles. The molecular weight excluding hydrogens is 236 g/mol. The second kappa shape index (κ2) is 6.43. The van der Waals surface area contributed by atoms with Gasteiger partial charge in [-0.3, -0.25) is 0 Å². The summed E-state index contributed by atoms with van der Waals surface area (Å²) in [4.78, 5) is 2.19. The summed E-state index contributed by atoms with van der Waals surface area (Å²) in [6, 6.07) is 12.7. The molecule has 0 amide bonds. The van der Waals surface area contributed by atoms with E-state index in [-0.39, 0.29) is 0 Å². The number of anilines is 1. The van der Waals surface area contributed by atoms with E-state index in [4.69, 9.17) is 4.42 Å². The molecule has 0 aliphatic rings. The summed E-state index contributed by atoms with van der Waals surface area (Å²) >= 11 is 0. The van der Waals surface area contributed by atoms with Gasteiger partial charge in [0.2, 0.25) is 0 Å². The van der Waals surface area contributed by atoms with Gasteiger partial charge >= 0.3 is 0 Å². The Kier molecular flexibility index (Phi) is 4.63. The van der Waals surface area contributed by atoms with Gasteiger partial charge in [-0.15, -0.1) is 0 Å². The maximum atomic E-state index is 5.60. The molecule has 0 atom stereocenters. The molecule has 1 aromatic carbocycles. The molecule has 0 saturated heterocycles. The highest BCUT2D eigenvalue weighted by Crippen LogP contribution is 2.17. The number of rotatable bonds is 6. The molecule has 2 aromatic rings. The number of furan rings is 1. The van der Waals surface area contributed by atoms with Gasteiger partial charge in [0.25, 0.3) is 0 Å². The fourth-order valence-corrected chi connectivity index (χ4v) is 2.03. The zero-order valence-corrected chi connectivity index (χ0v) is 11.9. The minimum absolute atomic E-state index is 0.792. The molecule has 3 heteroatoms. The second-order valence-electron chi connectivity index (χ2n) is 4.82. The van der Waals surface area contributed by atoms with E-state index in [2.05, 4.69) is 48.5 Å². The van der Waals surface area contributed by atoms with E-state index in [1.54, 1.807) is 0 Å². The second-order valence-corrected chi connectivity index (χ2v) is 4.82. The fourth-order valence-electron chi connectivity index (χ4n) is 2.03. The van der Waals surface area contributed by atoms with E-state index in [0.717, 1.165) is 31.2 Å². The van der Waals surface area contributed by atoms with Crippen molar-refractivity contribution in [3.8, 4) is 0 Å². The first kappa shape index (κ1) is 13.7. The summed E-state index contributed by atoms with van der Waals surface area (Å²) in [6.45, 7) is 6.81. The predicted octanol–water partition coefficient (Wildman–Crippen LogP) is 3.33. The SMILES string of the molecule is CCNCc1ccc(N(C)Cc2ccc(C)o2)cc1. The maximum absolute atomic E-state index is 5.60. The highest BCUT2D eigenvalue weighted by molar-refractivity contribution is 5.47. The maximum Gasteiger partial charge on any atom is 0.123 e. The summed E-state index contributed by atoms with van der Waals surface area (Å²) < 4.78 is 5.60. The first-order valence-corrected chi connectivity index (χ1v) is 6.75. The van der Waals surface area contributed by atoms with Crippen molar-refractivity contribution in [2.75, 3.05) is 18.5 Å². The molecule has 0 unspecified atom stereocenters. The Labute approximate surface area is 115 Å². The van der Waals surface area contributed by atoms with Crippen LogP contribution in [-0.4, -0.2) is 13.6 Å². The van der Waals surface area contributed by atoms with Gasteiger partial charge in [0.1, 0.15) is 11.5 Å². The first-order valence-electron chi connectivity index (χ1n) is 6.75. The first-order chi connectivity index (χ1) is 9.19. The normalized spacial score (nSPS) is 10.7. The molecular formula is C16H22N2O. The Morgan fingerprint density at radius 3 is 2.42 bits per heavy atom. The lowest BCUT2D eigenvalue weighted by molar-refractivity contribution is 0.482. The monoisotopic (exact) mass is 258 g/mol. The van der Waals surface area contributed by atoms with E-state index in [9.17, 15) is 0 Å². The lowest BCUT2D eigenvalue weighted by Crippen LogP contribution is -2.16. The average Bonchev–Trinajstić information content (AvgIpc) is 2.82. The van der Waals surface area contributed by atoms with Gasteiger partial charge in [-0.2, -0.15) is 0 Å². The molecule has 1 aromatic heterocycles. The quantitative estimate of drug-likeness (QED) is 0.861. The van der Waals surface area contributed by atoms with Crippen molar-refractivity contribution in [2.24, 2.45) is 0 Å². The predicted molar refractivity (Wildman–Crippen MR) is 79.4 cm³/mol. The largest absolute Gasteiger partial charge is 0.464 e. The van der Waals surface area contributed by atoms with E-state index in [1.807, 2.05) is 19.1 Å². The molecule has 19 heavy (non-hydrogen) atoms. The van der Waals surface area contributed by atoms with Crippen LogP contribution in [0.2, 0.25) is 0 Å². The summed E-state index contributed by atoms with van der Waals surface area (Å²) in [5.74, 6) is 1.96. The minimum Gasteiger partial charge on any atom is -0.464 e. The zero-order chi connectivity index (χ0) is 13.7. The third-order valence-corrected chi connectivity index (χ3v) is 3.15. The third-order valence-electron chi connectivity index (χ3n) is 3.15. The Morgan fingerprint density at radius 1 is 1.11 bits per heavy atom. The van der Waals surface area contributed by atoms with Crippen LogP contribution < -0.4 is 10.2 Å². The number of aryl methyl sites for hydroxylation is 1. The standard InChI is InChI=1S/C16H22N2O/c1-4-17-11-14-6-8-15(9-7-14)18(3)12-16-10-5-13(2)19-16/h5-10,17H,4,11-12H2,1-3H3. The van der Waals surface area contributed by atoms with Crippen LogP contribution in [0.4, 0.5) is 5.69 Å². The van der Waals surface area contributed by atoms with Gasteiger partial charge in [0.05, 0.1) is 6.54 Å². The minimum atomic E-state index is 0.792. The van der Waals surface area contributed by atoms with E-state index in [0.29, 0.717) is 0 Å². The topological polar surface area (TPSA) is 28.4 Å². The van der Waals surface area contributed by atoms with Crippen molar-refractivity contribution in [2.45, 2.75) is 26.9 Å². The highest BCUT2D eigenvalue weighted by atomic mass is 16.3. The van der Waals surface area contributed by atoms with Crippen LogP contribution in [0.15, 0.2) is 40.8 Å². The van der Waals surface area contributed by atoms with E-state index >= 15 is 0 Å². The Morgan fingerprint density at radius 2 is 1.84 bits per heavy atom. The number of benzene rings is 1. The van der Waals surface area contributed by atoms with Crippen LogP contribution >= 0.6 is 0 Å². The lowest BCUT2D eigenvalue weighted by atomic mass is 10.2. The molecule has 1 N–H and O–H groups in total. The average molecular weight is 258 g/mol. The molecule has 0 bridgehead atoms. The Hall–Kier alpha value is -1.74. The van der Waals surface area contributed by atoms with Gasteiger partial charge in [-0.1, -0.05) is 19.1 Å². The van der Waals surface area contributed by atoms with Crippen LogP contribution in [-0.2, 0) is 13.1 Å². The molecule has 3 nitrogen and oxygen atoms in total. The highest BCUT2D eigenvalue weighted by Gasteiger charge is 2.05. The molecule has 0 fully saturated rings. The van der Waals surface area contributed by atoms with Crippen LogP contribution in [0, 0.1) is 6.92 Å². The van der Waals surface area contributed by atoms with E-state index in [1.165, 1.54) is 11.3 Å². The lowest BCUT2D eigenvalue weighted by Gasteiger charge is -2.18. The smallest absolute Gasteiger partial charge is 0.123 e. The summed E-state index contributed by atoms with van der Waals surface area (Å²) in [5, 5.41) is 3.33. The van der Waals surface area contributed by atoms with Crippen LogP contribution in [0.1, 0.15) is 24.0 Å². The van der Waals surface area contributed by atoms with Crippen LogP contribution in [0.25, 0.3) is 0 Å². The Balaban J connectivity index is 1.97. The fraction of sp³-hybridized carbons (Fsp3) is 0.375. The Bertz CT molecular complexity index is 502. The van der Waals surface area contributed by atoms with Crippen molar-refractivity contribution in [1.29, 1.82) is 0 Å². The number of nitrogens with one attached hydrogen (secondary N) is 1. The number of nitrogens with zero attached hydrogens (tertiary/aromatic N) is 1. The van der Waals surface area contributed by atoms with Gasteiger partial charge < -0.3 is 14.6 Å². The summed E-state index contributed by atoms with van der Waals surface area (Å²) in [7, 11) is 2.08. The van der Waals surface area contributed by atoms with Crippen molar-refractivity contribution in [1.82, 2.24) is 5.32 Å². The molecule has 0 radical (unpaired) electrons. The van der Waals surface area contributed by atoms with Crippen molar-refractivity contribution < 1.29 is 4.42 Å². The molecule has 2 rings (SSSR count). The molecule has 0 saturated carbocycles. The number of hydrogen-bond acceptors (Lipinski definition) is 3. The van der Waals surface area contributed by atoms with Gasteiger partial charge in [0.15, 0.2) is 0 Å². The van der Waals surface area contributed by atoms with Gasteiger partial charge in [-0.05, 0) is 43.3 Å². The van der Waals surface area contributed by atoms with Gasteiger partial charge in [0, 0.05) is 19.3 Å². The van der Waals surface area contributed by atoms with Gasteiger partial charge in [-0.25, -0.2) is 0 Å². The molecule has 0 aliphatic heterocycles. The van der Waals surface area contributed by atoms with Crippen LogP contribution in [0.3, 0.4) is 0 Å². The summed E-state index contributed by atoms with van der Waals surface area (Å²) in [5.41, 5.74) is 2.52. The number of hydrogen-bond donors (Lipinski definition) is 1. The van der Waals surface area contributed by atoms with E-state index < -0.39 is 0 Å². The molecule has 102 valence electrons. The van der Waals surface area contributed by atoms with Crippen molar-refractivity contribution in [3.05, 3.63) is 53.5 Å².